The van der Waals surface area contributed by atoms with E-state index in [1.807, 2.05) is 6.92 Å². The second kappa shape index (κ2) is 9.39. The van der Waals surface area contributed by atoms with Crippen LogP contribution in [0.3, 0.4) is 0 Å². The lowest BCUT2D eigenvalue weighted by Crippen LogP contribution is -2.38. The molecule has 0 aliphatic rings. The van der Waals surface area contributed by atoms with E-state index in [-0.39, 0.29) is 29.9 Å². The van der Waals surface area contributed by atoms with Gasteiger partial charge in [0.2, 0.25) is 5.91 Å². The number of benzene rings is 1. The van der Waals surface area contributed by atoms with Crippen LogP contribution in [0.5, 0.6) is 5.75 Å². The highest BCUT2D eigenvalue weighted by molar-refractivity contribution is 5.81. The Kier molecular flexibility index (Phi) is 7.88. The van der Waals surface area contributed by atoms with Crippen molar-refractivity contribution in [1.82, 2.24) is 5.32 Å². The van der Waals surface area contributed by atoms with Crippen LogP contribution in [0.15, 0.2) is 18.2 Å². The van der Waals surface area contributed by atoms with E-state index in [0.717, 1.165) is 37.8 Å². The molecule has 1 rings (SSSR count). The van der Waals surface area contributed by atoms with Gasteiger partial charge in [-0.1, -0.05) is 26.7 Å². The minimum atomic E-state index is -4.47. The quantitative estimate of drug-likeness (QED) is 0.704. The molecule has 24 heavy (non-hydrogen) atoms. The summed E-state index contributed by atoms with van der Waals surface area (Å²) in [6, 6.07) is 3.40. The van der Waals surface area contributed by atoms with Crippen molar-refractivity contribution in [1.29, 1.82) is 0 Å². The van der Waals surface area contributed by atoms with Gasteiger partial charge in [0.15, 0.2) is 0 Å². The van der Waals surface area contributed by atoms with E-state index in [0.29, 0.717) is 0 Å². The Morgan fingerprint density at radius 3 is 2.50 bits per heavy atom. The number of hydrogen-bond acceptors (Lipinski definition) is 3. The fourth-order valence-electron chi connectivity index (χ4n) is 2.27. The van der Waals surface area contributed by atoms with E-state index in [9.17, 15) is 18.0 Å². The van der Waals surface area contributed by atoms with Crippen molar-refractivity contribution in [2.75, 3.05) is 19.0 Å². The fourth-order valence-corrected chi connectivity index (χ4v) is 2.27. The Balaban J connectivity index is 2.67. The predicted octanol–water partition coefficient (Wildman–Crippen LogP) is 4.21. The number of halogens is 3. The van der Waals surface area contributed by atoms with Gasteiger partial charge in [-0.3, -0.25) is 4.79 Å². The highest BCUT2D eigenvalue weighted by Crippen LogP contribution is 2.34. The van der Waals surface area contributed by atoms with Crippen LogP contribution in [-0.4, -0.2) is 25.6 Å². The summed E-state index contributed by atoms with van der Waals surface area (Å²) in [6.07, 6.45) is -0.675. The molecule has 1 aromatic rings. The molecule has 0 aliphatic heterocycles. The third-order valence-corrected chi connectivity index (χ3v) is 3.69. The average molecular weight is 346 g/mol. The normalized spacial score (nSPS) is 12.6. The largest absolute Gasteiger partial charge is 0.497 e. The van der Waals surface area contributed by atoms with Crippen LogP contribution in [0, 0.1) is 0 Å². The van der Waals surface area contributed by atoms with Gasteiger partial charge >= 0.3 is 6.18 Å². The summed E-state index contributed by atoms with van der Waals surface area (Å²) in [5.41, 5.74) is -0.627. The summed E-state index contributed by atoms with van der Waals surface area (Å²) >= 11 is 0. The number of nitrogens with one attached hydrogen (secondary N) is 2. The van der Waals surface area contributed by atoms with Crippen LogP contribution in [0.4, 0.5) is 18.9 Å². The molecule has 136 valence electrons. The minimum Gasteiger partial charge on any atom is -0.497 e. The summed E-state index contributed by atoms with van der Waals surface area (Å²) in [5, 5.41) is 5.62. The molecule has 0 saturated heterocycles. The van der Waals surface area contributed by atoms with Crippen molar-refractivity contribution < 1.29 is 22.7 Å². The highest BCUT2D eigenvalue weighted by atomic mass is 19.4. The Bertz CT molecular complexity index is 533. The van der Waals surface area contributed by atoms with Gasteiger partial charge in [0.25, 0.3) is 0 Å². The first kappa shape index (κ1) is 20.1. The first-order chi connectivity index (χ1) is 11.3. The highest BCUT2D eigenvalue weighted by Gasteiger charge is 2.31. The molecule has 2 N–H and O–H groups in total. The molecule has 1 atom stereocenters. The number of methoxy groups -OCH3 is 1. The lowest BCUT2D eigenvalue weighted by molar-refractivity contribution is -0.137. The molecule has 0 radical (unpaired) electrons. The lowest BCUT2D eigenvalue weighted by atomic mass is 10.1. The fraction of sp³-hybridized carbons (Fsp3) is 0.588. The van der Waals surface area contributed by atoms with Crippen molar-refractivity contribution in [3.63, 3.8) is 0 Å². The van der Waals surface area contributed by atoms with Gasteiger partial charge in [-0.2, -0.15) is 13.2 Å². The summed E-state index contributed by atoms with van der Waals surface area (Å²) in [6.45, 7) is 3.98. The maximum absolute atomic E-state index is 12.9. The maximum atomic E-state index is 12.9. The van der Waals surface area contributed by atoms with E-state index in [2.05, 4.69) is 17.6 Å². The molecule has 7 heteroatoms. The molecule has 0 unspecified atom stereocenters. The van der Waals surface area contributed by atoms with Crippen LogP contribution in [0.1, 0.15) is 45.1 Å². The smallest absolute Gasteiger partial charge is 0.416 e. The van der Waals surface area contributed by atoms with Crippen molar-refractivity contribution >= 4 is 11.6 Å². The van der Waals surface area contributed by atoms with E-state index >= 15 is 0 Å². The number of carbonyl (C=O) groups excluding carboxylic acids is 1. The monoisotopic (exact) mass is 346 g/mol. The van der Waals surface area contributed by atoms with Crippen LogP contribution in [0.2, 0.25) is 0 Å². The van der Waals surface area contributed by atoms with E-state index in [1.165, 1.54) is 13.2 Å². The molecule has 1 amide bonds. The van der Waals surface area contributed by atoms with Crippen molar-refractivity contribution in [2.24, 2.45) is 0 Å². The van der Waals surface area contributed by atoms with Crippen LogP contribution < -0.4 is 15.4 Å². The third-order valence-electron chi connectivity index (χ3n) is 3.69. The van der Waals surface area contributed by atoms with Crippen LogP contribution in [-0.2, 0) is 11.0 Å². The molecule has 0 heterocycles. The van der Waals surface area contributed by atoms with E-state index < -0.39 is 11.7 Å². The molecule has 0 saturated carbocycles. The molecule has 1 aromatic carbocycles. The number of unbranched alkanes of at least 4 members (excludes halogenated alkanes) is 1. The summed E-state index contributed by atoms with van der Waals surface area (Å²) < 4.78 is 43.5. The number of ether oxygens (including phenoxy) is 1. The van der Waals surface area contributed by atoms with Gasteiger partial charge in [0.05, 0.1) is 19.2 Å². The van der Waals surface area contributed by atoms with E-state index in [4.69, 9.17) is 4.74 Å². The number of rotatable bonds is 9. The van der Waals surface area contributed by atoms with Gasteiger partial charge in [-0.15, -0.1) is 0 Å². The molecule has 0 spiro atoms. The van der Waals surface area contributed by atoms with Gasteiger partial charge in [0.1, 0.15) is 5.75 Å². The molecular weight excluding hydrogens is 321 g/mol. The lowest BCUT2D eigenvalue weighted by Gasteiger charge is -2.17. The number of anilines is 1. The van der Waals surface area contributed by atoms with Crippen molar-refractivity contribution in [3.05, 3.63) is 23.8 Å². The molecule has 0 aromatic heterocycles. The van der Waals surface area contributed by atoms with Crippen LogP contribution in [0.25, 0.3) is 0 Å². The Labute approximate surface area is 140 Å². The zero-order chi connectivity index (χ0) is 18.2. The number of alkyl halides is 3. The Morgan fingerprint density at radius 2 is 1.96 bits per heavy atom. The average Bonchev–Trinajstić information content (AvgIpc) is 2.55. The second-order valence-electron chi connectivity index (χ2n) is 5.62. The third kappa shape index (κ3) is 6.68. The Morgan fingerprint density at radius 1 is 1.25 bits per heavy atom. The zero-order valence-electron chi connectivity index (χ0n) is 14.3. The van der Waals surface area contributed by atoms with Crippen molar-refractivity contribution in [3.8, 4) is 5.75 Å². The topological polar surface area (TPSA) is 50.4 Å². The van der Waals surface area contributed by atoms with Gasteiger partial charge < -0.3 is 15.4 Å². The second-order valence-corrected chi connectivity index (χ2v) is 5.62. The first-order valence-electron chi connectivity index (χ1n) is 8.09. The molecule has 0 fully saturated rings. The molecule has 4 nitrogen and oxygen atoms in total. The maximum Gasteiger partial charge on any atom is 0.416 e. The number of amides is 1. The number of carbonyl (C=O) groups is 1. The van der Waals surface area contributed by atoms with Gasteiger partial charge in [0, 0.05) is 17.8 Å². The standard InChI is InChI=1S/C17H25F3N2O2/c1-4-6-7-13(5-2)22-16(23)11-21-14-8-12(17(18,19)20)9-15(10-14)24-3/h8-10,13,21H,4-7,11H2,1-3H3,(H,22,23)/t13-/m0/s1. The molecule has 0 bridgehead atoms. The summed E-state index contributed by atoms with van der Waals surface area (Å²) in [5.74, 6) is -0.156. The summed E-state index contributed by atoms with van der Waals surface area (Å²) in [4.78, 5) is 12.0. The predicted molar refractivity (Wildman–Crippen MR) is 88.2 cm³/mol. The molecular formula is C17H25F3N2O2. The van der Waals surface area contributed by atoms with Crippen molar-refractivity contribution in [2.45, 2.75) is 51.7 Å². The zero-order valence-corrected chi connectivity index (χ0v) is 14.3. The van der Waals surface area contributed by atoms with Gasteiger partial charge in [-0.05, 0) is 25.0 Å². The number of hydrogen-bond donors (Lipinski definition) is 2. The van der Waals surface area contributed by atoms with E-state index in [1.54, 1.807) is 0 Å². The minimum absolute atomic E-state index is 0.0853. The van der Waals surface area contributed by atoms with Gasteiger partial charge in [-0.25, -0.2) is 0 Å². The SMILES string of the molecule is CCCC[C@H](CC)NC(=O)CNc1cc(OC)cc(C(F)(F)F)c1. The Hall–Kier alpha value is -1.92. The summed E-state index contributed by atoms with van der Waals surface area (Å²) in [7, 11) is 1.30. The van der Waals surface area contributed by atoms with Crippen LogP contribution >= 0.6 is 0 Å². The molecule has 0 aliphatic carbocycles. The first-order valence-corrected chi connectivity index (χ1v) is 8.09.